The molecule has 0 unspecified atom stereocenters. The molecule has 0 aliphatic heterocycles. The van der Waals surface area contributed by atoms with E-state index in [0.29, 0.717) is 0 Å². The van der Waals surface area contributed by atoms with Crippen LogP contribution in [0.3, 0.4) is 0 Å². The molecule has 1 heterocycles. The Labute approximate surface area is 91.7 Å². The second-order valence-corrected chi connectivity index (χ2v) is 3.47. The second-order valence-electron chi connectivity index (χ2n) is 3.47. The van der Waals surface area contributed by atoms with Crippen molar-refractivity contribution in [2.24, 2.45) is 0 Å². The van der Waals surface area contributed by atoms with Gasteiger partial charge in [-0.15, -0.1) is 0 Å². The van der Waals surface area contributed by atoms with Gasteiger partial charge in [0.1, 0.15) is 6.26 Å². The summed E-state index contributed by atoms with van der Waals surface area (Å²) in [5.74, 6) is 0. The number of nitrogens with one attached hydrogen (secondary N) is 1. The first-order valence-corrected chi connectivity index (χ1v) is 5.71. The summed E-state index contributed by atoms with van der Waals surface area (Å²) in [4.78, 5) is 6.52. The predicted octanol–water partition coefficient (Wildman–Crippen LogP) is 2.02. The molecule has 0 amide bonds. The van der Waals surface area contributed by atoms with Crippen molar-refractivity contribution in [2.45, 2.75) is 33.7 Å². The van der Waals surface area contributed by atoms with Gasteiger partial charge in [0.05, 0.1) is 5.69 Å². The molecule has 0 aliphatic rings. The molecule has 0 aliphatic carbocycles. The van der Waals surface area contributed by atoms with Gasteiger partial charge >= 0.3 is 0 Å². The molecule has 0 radical (unpaired) electrons. The third-order valence-corrected chi connectivity index (χ3v) is 2.31. The second kappa shape index (κ2) is 6.45. The van der Waals surface area contributed by atoms with Crippen molar-refractivity contribution in [2.75, 3.05) is 24.5 Å². The minimum atomic E-state index is 0.730. The van der Waals surface area contributed by atoms with Gasteiger partial charge in [-0.1, -0.05) is 6.92 Å². The van der Waals surface area contributed by atoms with E-state index in [4.69, 9.17) is 4.42 Å². The van der Waals surface area contributed by atoms with Crippen LogP contribution in [-0.2, 0) is 6.54 Å². The summed E-state index contributed by atoms with van der Waals surface area (Å²) in [5.41, 5.74) is 0.977. The number of nitrogens with zero attached hydrogens (tertiary/aromatic N) is 2. The summed E-state index contributed by atoms with van der Waals surface area (Å²) in [7, 11) is 0. The SMILES string of the molecule is CCCNCc1coc(N(CC)CC)n1. The van der Waals surface area contributed by atoms with Crippen LogP contribution in [-0.4, -0.2) is 24.6 Å². The Bertz CT molecular complexity index is 269. The van der Waals surface area contributed by atoms with E-state index in [1.807, 2.05) is 0 Å². The topological polar surface area (TPSA) is 41.3 Å². The summed E-state index contributed by atoms with van der Waals surface area (Å²) >= 11 is 0. The molecular formula is C11H21N3O. The highest BCUT2D eigenvalue weighted by Gasteiger charge is 2.08. The minimum Gasteiger partial charge on any atom is -0.432 e. The Kier molecular flexibility index (Phi) is 5.18. The lowest BCUT2D eigenvalue weighted by molar-refractivity contribution is 0.538. The predicted molar refractivity (Wildman–Crippen MR) is 62.1 cm³/mol. The number of hydrogen-bond donors (Lipinski definition) is 1. The van der Waals surface area contributed by atoms with Crippen LogP contribution in [0.5, 0.6) is 0 Å². The molecule has 0 saturated carbocycles. The number of rotatable bonds is 7. The maximum Gasteiger partial charge on any atom is 0.297 e. The largest absolute Gasteiger partial charge is 0.432 e. The molecule has 0 bridgehead atoms. The maximum atomic E-state index is 5.41. The Morgan fingerprint density at radius 1 is 1.33 bits per heavy atom. The molecule has 1 aromatic rings. The van der Waals surface area contributed by atoms with Gasteiger partial charge in [-0.25, -0.2) is 0 Å². The number of anilines is 1. The summed E-state index contributed by atoms with van der Waals surface area (Å²) in [6.07, 6.45) is 2.87. The summed E-state index contributed by atoms with van der Waals surface area (Å²) in [6.45, 7) is 10.0. The third-order valence-electron chi connectivity index (χ3n) is 2.31. The lowest BCUT2D eigenvalue weighted by Gasteiger charge is -2.14. The first-order valence-electron chi connectivity index (χ1n) is 5.71. The molecule has 0 spiro atoms. The van der Waals surface area contributed by atoms with Crippen LogP contribution < -0.4 is 10.2 Å². The van der Waals surface area contributed by atoms with Crippen molar-refractivity contribution in [3.05, 3.63) is 12.0 Å². The van der Waals surface area contributed by atoms with E-state index in [1.165, 1.54) is 0 Å². The average molecular weight is 211 g/mol. The zero-order valence-electron chi connectivity index (χ0n) is 9.92. The zero-order valence-corrected chi connectivity index (χ0v) is 9.92. The first-order chi connectivity index (χ1) is 7.31. The van der Waals surface area contributed by atoms with Crippen molar-refractivity contribution in [3.8, 4) is 0 Å². The molecule has 0 aromatic carbocycles. The van der Waals surface area contributed by atoms with E-state index in [2.05, 4.69) is 36.0 Å². The van der Waals surface area contributed by atoms with E-state index in [9.17, 15) is 0 Å². The van der Waals surface area contributed by atoms with Crippen LogP contribution in [0.2, 0.25) is 0 Å². The number of aromatic nitrogens is 1. The molecule has 1 aromatic heterocycles. The summed E-state index contributed by atoms with van der Waals surface area (Å²) < 4.78 is 5.41. The van der Waals surface area contributed by atoms with E-state index in [-0.39, 0.29) is 0 Å². The molecule has 0 atom stereocenters. The van der Waals surface area contributed by atoms with E-state index in [0.717, 1.165) is 44.3 Å². The average Bonchev–Trinajstić information content (AvgIpc) is 2.69. The fourth-order valence-electron chi connectivity index (χ4n) is 1.41. The van der Waals surface area contributed by atoms with Crippen LogP contribution in [0.1, 0.15) is 32.9 Å². The highest BCUT2D eigenvalue weighted by atomic mass is 16.4. The van der Waals surface area contributed by atoms with Gasteiger partial charge in [-0.05, 0) is 26.8 Å². The van der Waals surface area contributed by atoms with E-state index < -0.39 is 0 Å². The number of hydrogen-bond acceptors (Lipinski definition) is 4. The van der Waals surface area contributed by atoms with E-state index >= 15 is 0 Å². The van der Waals surface area contributed by atoms with Crippen LogP contribution in [0.15, 0.2) is 10.7 Å². The molecule has 4 nitrogen and oxygen atoms in total. The normalized spacial score (nSPS) is 10.6. The monoisotopic (exact) mass is 211 g/mol. The lowest BCUT2D eigenvalue weighted by atomic mass is 10.4. The fraction of sp³-hybridized carbons (Fsp3) is 0.727. The molecular weight excluding hydrogens is 190 g/mol. The van der Waals surface area contributed by atoms with Crippen molar-refractivity contribution in [1.29, 1.82) is 0 Å². The first kappa shape index (κ1) is 12.0. The van der Waals surface area contributed by atoms with Gasteiger partial charge in [-0.3, -0.25) is 0 Å². The Hall–Kier alpha value is -1.03. The van der Waals surface area contributed by atoms with E-state index in [1.54, 1.807) is 6.26 Å². The van der Waals surface area contributed by atoms with Gasteiger partial charge in [0.15, 0.2) is 0 Å². The highest BCUT2D eigenvalue weighted by molar-refractivity contribution is 5.25. The van der Waals surface area contributed by atoms with Gasteiger partial charge in [0.2, 0.25) is 0 Å². The van der Waals surface area contributed by atoms with Crippen LogP contribution in [0, 0.1) is 0 Å². The maximum absolute atomic E-state index is 5.41. The van der Waals surface area contributed by atoms with Crippen molar-refractivity contribution in [1.82, 2.24) is 10.3 Å². The lowest BCUT2D eigenvalue weighted by Crippen LogP contribution is -2.22. The Balaban J connectivity index is 2.47. The molecule has 4 heteroatoms. The Morgan fingerprint density at radius 2 is 2.07 bits per heavy atom. The highest BCUT2D eigenvalue weighted by Crippen LogP contribution is 2.12. The van der Waals surface area contributed by atoms with Gasteiger partial charge in [0, 0.05) is 19.6 Å². The smallest absolute Gasteiger partial charge is 0.297 e. The van der Waals surface area contributed by atoms with Crippen LogP contribution >= 0.6 is 0 Å². The molecule has 0 fully saturated rings. The van der Waals surface area contributed by atoms with Crippen LogP contribution in [0.25, 0.3) is 0 Å². The van der Waals surface area contributed by atoms with Gasteiger partial charge in [0.25, 0.3) is 6.01 Å². The molecule has 86 valence electrons. The number of oxazole rings is 1. The standard InChI is InChI=1S/C11H21N3O/c1-4-7-12-8-10-9-15-11(13-10)14(5-2)6-3/h9,12H,4-8H2,1-3H3. The summed E-state index contributed by atoms with van der Waals surface area (Å²) in [5, 5.41) is 3.30. The quantitative estimate of drug-likeness (QED) is 0.701. The summed E-state index contributed by atoms with van der Waals surface area (Å²) in [6, 6.07) is 0.730. The molecule has 15 heavy (non-hydrogen) atoms. The van der Waals surface area contributed by atoms with Gasteiger partial charge < -0.3 is 14.6 Å². The van der Waals surface area contributed by atoms with Gasteiger partial charge in [-0.2, -0.15) is 4.98 Å². The van der Waals surface area contributed by atoms with Crippen molar-refractivity contribution < 1.29 is 4.42 Å². The van der Waals surface area contributed by atoms with Crippen molar-refractivity contribution in [3.63, 3.8) is 0 Å². The Morgan fingerprint density at radius 3 is 2.67 bits per heavy atom. The van der Waals surface area contributed by atoms with Crippen LogP contribution in [0.4, 0.5) is 6.01 Å². The zero-order chi connectivity index (χ0) is 11.1. The molecule has 0 saturated heterocycles. The minimum absolute atomic E-state index is 0.730. The van der Waals surface area contributed by atoms with Crippen molar-refractivity contribution >= 4 is 6.01 Å². The molecule has 1 rings (SSSR count). The fourth-order valence-corrected chi connectivity index (χ4v) is 1.41. The third kappa shape index (κ3) is 3.55. The molecule has 1 N–H and O–H groups in total.